The molecule has 5 N–H and O–H groups in total. The number of nitrogens with two attached hydrogens (primary N) is 2. The third kappa shape index (κ3) is 12.5. The molecule has 15 heteroatoms. The van der Waals surface area contributed by atoms with E-state index in [1.807, 2.05) is 37.7 Å². The van der Waals surface area contributed by atoms with Crippen LogP contribution in [0.2, 0.25) is 0 Å². The number of aromatic nitrogens is 2. The first-order valence-corrected chi connectivity index (χ1v) is 18.8. The van der Waals surface area contributed by atoms with Gasteiger partial charge >= 0.3 is 0 Å². The van der Waals surface area contributed by atoms with Gasteiger partial charge in [-0.15, -0.1) is 16.9 Å². The number of hydrogen-bond acceptors (Lipinski definition) is 8. The largest absolute Gasteiger partial charge is 0.744 e. The fourth-order valence-corrected chi connectivity index (χ4v) is 6.21. The highest BCUT2D eigenvalue weighted by atomic mass is 32.2. The van der Waals surface area contributed by atoms with Crippen LogP contribution in [0.5, 0.6) is 0 Å². The lowest BCUT2D eigenvalue weighted by atomic mass is 10.1. The van der Waals surface area contributed by atoms with Crippen LogP contribution in [0.3, 0.4) is 0 Å². The van der Waals surface area contributed by atoms with Crippen molar-refractivity contribution < 1.29 is 35.4 Å². The molecule has 2 aromatic heterocycles. The molecule has 49 heavy (non-hydrogen) atoms. The Balaban J connectivity index is 0.000000242. The van der Waals surface area contributed by atoms with Crippen LogP contribution in [0.15, 0.2) is 117 Å². The average molecular weight is 725 g/mol. The summed E-state index contributed by atoms with van der Waals surface area (Å²) in [5, 5.41) is 6.46. The van der Waals surface area contributed by atoms with E-state index in [0.717, 1.165) is 39.3 Å². The number of hydrazone groups is 1. The summed E-state index contributed by atoms with van der Waals surface area (Å²) in [5.41, 5.74) is 16.9. The second-order valence-electron chi connectivity index (χ2n) is 10.9. The van der Waals surface area contributed by atoms with E-state index in [1.165, 1.54) is 42.0 Å². The zero-order chi connectivity index (χ0) is 36.2. The molecule has 0 atom stereocenters. The highest BCUT2D eigenvalue weighted by Gasteiger charge is 2.16. The molecule has 5 rings (SSSR count). The van der Waals surface area contributed by atoms with E-state index in [-0.39, 0.29) is 15.8 Å². The minimum Gasteiger partial charge on any atom is -0.744 e. The number of hydrogen-bond donors (Lipinski definition) is 3. The van der Waals surface area contributed by atoms with Crippen LogP contribution in [0.1, 0.15) is 36.5 Å². The number of aryl methyl sites for hydroxylation is 3. The quantitative estimate of drug-likeness (QED) is 0.0389. The van der Waals surface area contributed by atoms with E-state index in [0.29, 0.717) is 0 Å². The Bertz CT molecular complexity index is 2040. The monoisotopic (exact) mass is 724 g/mol. The molecular formula is C34H40N6O6S3. The van der Waals surface area contributed by atoms with Crippen molar-refractivity contribution in [3.8, 4) is 11.3 Å². The second-order valence-corrected chi connectivity index (χ2v) is 14.8. The van der Waals surface area contributed by atoms with Gasteiger partial charge in [-0.1, -0.05) is 48.7 Å². The molecule has 5 aromatic rings. The minimum absolute atomic E-state index is 0.00243. The maximum Gasteiger partial charge on any atom is 0.286 e. The Morgan fingerprint density at radius 3 is 1.84 bits per heavy atom. The zero-order valence-electron chi connectivity index (χ0n) is 27.6. The number of rotatable bonds is 9. The second kappa shape index (κ2) is 17.7. The molecule has 0 aliphatic heterocycles. The fourth-order valence-electron chi connectivity index (χ4n) is 4.25. The van der Waals surface area contributed by atoms with Crippen LogP contribution < -0.4 is 21.0 Å². The van der Waals surface area contributed by atoms with Gasteiger partial charge in [-0.2, -0.15) is 0 Å². The van der Waals surface area contributed by atoms with Crippen molar-refractivity contribution in [3.63, 3.8) is 0 Å². The van der Waals surface area contributed by atoms with Gasteiger partial charge in [0.2, 0.25) is 6.21 Å². The maximum atomic E-state index is 10.4. The molecule has 0 spiro atoms. The maximum absolute atomic E-state index is 10.4. The lowest BCUT2D eigenvalue weighted by Gasteiger charge is -2.05. The molecule has 3 aromatic carbocycles. The van der Waals surface area contributed by atoms with Gasteiger partial charge in [0.05, 0.1) is 16.8 Å². The first kappa shape index (κ1) is 38.9. The summed E-state index contributed by atoms with van der Waals surface area (Å²) in [6, 6.07) is 24.2. The highest BCUT2D eigenvalue weighted by molar-refractivity contribution is 7.99. The molecular weight excluding hydrogens is 685 g/mol. The molecule has 0 saturated carbocycles. The molecule has 0 unspecified atom stereocenters. The van der Waals surface area contributed by atoms with E-state index in [4.69, 9.17) is 11.5 Å². The van der Waals surface area contributed by atoms with Crippen molar-refractivity contribution in [2.24, 2.45) is 23.6 Å². The van der Waals surface area contributed by atoms with E-state index in [9.17, 15) is 25.9 Å². The van der Waals surface area contributed by atoms with Gasteiger partial charge in [0.1, 0.15) is 32.6 Å². The van der Waals surface area contributed by atoms with Crippen molar-refractivity contribution >= 4 is 49.8 Å². The smallest absolute Gasteiger partial charge is 0.286 e. The minimum atomic E-state index is -4.27. The summed E-state index contributed by atoms with van der Waals surface area (Å²) < 4.78 is 66.7. The molecule has 260 valence electrons. The van der Waals surface area contributed by atoms with Crippen LogP contribution in [0.4, 0.5) is 0 Å². The van der Waals surface area contributed by atoms with Crippen molar-refractivity contribution in [1.82, 2.24) is 4.57 Å². The highest BCUT2D eigenvalue weighted by Crippen LogP contribution is 2.23. The molecule has 2 heterocycles. The van der Waals surface area contributed by atoms with Gasteiger partial charge in [-0.25, -0.2) is 25.8 Å². The van der Waals surface area contributed by atoms with E-state index >= 15 is 0 Å². The molecule has 0 saturated heterocycles. The van der Waals surface area contributed by atoms with Crippen LogP contribution in [0.25, 0.3) is 16.9 Å². The summed E-state index contributed by atoms with van der Waals surface area (Å²) in [4.78, 5) is 0.944. The Labute approximate surface area is 291 Å². The van der Waals surface area contributed by atoms with Gasteiger partial charge in [-0.3, -0.25) is 0 Å². The number of pyridine rings is 1. The number of nitrogens with one attached hydrogen (secondary N) is 1. The predicted octanol–water partition coefficient (Wildman–Crippen LogP) is 2.81. The number of unbranched alkanes of at least 4 members (excludes halogenated alkanes) is 1. The lowest BCUT2D eigenvalue weighted by molar-refractivity contribution is -0.512. The molecule has 12 nitrogen and oxygen atoms in total. The number of guanidine groups is 1. The van der Waals surface area contributed by atoms with Gasteiger partial charge < -0.3 is 20.6 Å². The van der Waals surface area contributed by atoms with Crippen molar-refractivity contribution in [2.45, 2.75) is 48.3 Å². The SMILES string of the molecule is CCCCSc1ccc2n(C)c(-c3ccc(/C=[NH+]/N=C(N)N)cc3)c[n+]2c1.Cc1ccc(S(=O)(=O)[O-])cc1.Cc1ccc(S(=O)(=O)[O-])cc1. The zero-order valence-corrected chi connectivity index (χ0v) is 30.1. The number of imidazole rings is 1. The van der Waals surface area contributed by atoms with Crippen molar-refractivity contribution in [1.29, 1.82) is 0 Å². The summed E-state index contributed by atoms with van der Waals surface area (Å²) in [7, 11) is -6.45. The third-order valence-electron chi connectivity index (χ3n) is 6.91. The topological polar surface area (TPSA) is 202 Å². The number of nitrogens with zero attached hydrogens (tertiary/aromatic N) is 3. The van der Waals surface area contributed by atoms with Crippen LogP contribution >= 0.6 is 11.8 Å². The van der Waals surface area contributed by atoms with Gasteiger partial charge in [0.15, 0.2) is 5.69 Å². The normalized spacial score (nSPS) is 11.4. The number of benzene rings is 3. The van der Waals surface area contributed by atoms with Crippen LogP contribution in [-0.2, 0) is 27.3 Å². The van der Waals surface area contributed by atoms with Crippen molar-refractivity contribution in [2.75, 3.05) is 5.75 Å². The average Bonchev–Trinajstić information content (AvgIpc) is 3.37. The van der Waals surface area contributed by atoms with Gasteiger partial charge in [-0.05, 0) is 80.6 Å². The number of thioether (sulfide) groups is 1. The summed E-state index contributed by atoms with van der Waals surface area (Å²) in [5.74, 6) is 1.16. The standard InChI is InChI=1S/C20H25N6S.2C7H8O3S/c1-3-4-11-27-17-9-10-19-25(2)18(14-26(19)13-17)16-7-5-15(6-8-16)12-23-24-20(21)22;2*1-6-2-4-7(5-3-6)11(8,9)10/h5-10,12-14H,3-4,11H2,1-2H3,(H4,21,22,24);2*2-5H,1H3,(H,8,9,10)/q+1;;/p-1/b23-12+;;. The Kier molecular flexibility index (Phi) is 14.1. The molecule has 0 fully saturated rings. The van der Waals surface area contributed by atoms with Crippen molar-refractivity contribution in [3.05, 3.63) is 114 Å². The van der Waals surface area contributed by atoms with E-state index in [1.54, 1.807) is 30.5 Å². The van der Waals surface area contributed by atoms with E-state index in [2.05, 4.69) is 69.8 Å². The van der Waals surface area contributed by atoms with Crippen LogP contribution in [-0.4, -0.2) is 48.4 Å². The number of fused-ring (bicyclic) bond motifs is 1. The molecule has 0 bridgehead atoms. The third-order valence-corrected chi connectivity index (χ3v) is 9.68. The van der Waals surface area contributed by atoms with Gasteiger partial charge in [0.25, 0.3) is 11.6 Å². The predicted molar refractivity (Wildman–Crippen MR) is 190 cm³/mol. The Morgan fingerprint density at radius 2 is 1.37 bits per heavy atom. The lowest BCUT2D eigenvalue weighted by Crippen LogP contribution is -2.63. The van der Waals surface area contributed by atoms with Crippen LogP contribution in [0, 0.1) is 13.8 Å². The first-order chi connectivity index (χ1) is 23.1. The molecule has 0 aliphatic rings. The Morgan fingerprint density at radius 1 is 0.837 bits per heavy atom. The summed E-state index contributed by atoms with van der Waals surface area (Å²) in [6.45, 7) is 5.87. The molecule has 0 aliphatic carbocycles. The van der Waals surface area contributed by atoms with Gasteiger partial charge in [0, 0.05) is 27.2 Å². The summed E-state index contributed by atoms with van der Waals surface area (Å²) in [6.07, 6.45) is 8.61. The van der Waals surface area contributed by atoms with E-state index < -0.39 is 20.2 Å². The molecule has 0 radical (unpaired) electrons. The first-order valence-electron chi connectivity index (χ1n) is 15.0. The Hall–Kier alpha value is -4.54. The summed E-state index contributed by atoms with van der Waals surface area (Å²) >= 11 is 1.91. The fraction of sp³-hybridized carbons (Fsp3) is 0.206. The molecule has 0 amide bonds.